The number of pyridine rings is 1. The lowest BCUT2D eigenvalue weighted by molar-refractivity contribution is -0.120. The van der Waals surface area contributed by atoms with Gasteiger partial charge in [-0.15, -0.1) is 10.2 Å². The monoisotopic (exact) mass is 451 g/mol. The Morgan fingerprint density at radius 1 is 1.22 bits per heavy atom. The number of rotatable bonds is 8. The number of thioether (sulfide) groups is 1. The number of para-hydroxylation sites is 1. The summed E-state index contributed by atoms with van der Waals surface area (Å²) in [6, 6.07) is 10.1. The van der Waals surface area contributed by atoms with E-state index in [-0.39, 0.29) is 5.91 Å². The van der Waals surface area contributed by atoms with Gasteiger partial charge in [0.05, 0.1) is 10.9 Å². The fourth-order valence-corrected chi connectivity index (χ4v) is 4.60. The Hall–Kier alpha value is -3.00. The van der Waals surface area contributed by atoms with Crippen LogP contribution in [0.25, 0.3) is 17.1 Å². The van der Waals surface area contributed by atoms with Gasteiger partial charge in [0.25, 0.3) is 0 Å². The van der Waals surface area contributed by atoms with Gasteiger partial charge in [0, 0.05) is 24.5 Å². The van der Waals surface area contributed by atoms with Crippen LogP contribution in [-0.4, -0.2) is 37.5 Å². The highest BCUT2D eigenvalue weighted by Gasteiger charge is 2.23. The van der Waals surface area contributed by atoms with Crippen LogP contribution in [-0.2, 0) is 4.79 Å². The third-order valence-corrected chi connectivity index (χ3v) is 6.47. The summed E-state index contributed by atoms with van der Waals surface area (Å²) >= 11 is 1.26. The van der Waals surface area contributed by atoms with Crippen molar-refractivity contribution in [1.82, 2.24) is 25.1 Å². The third-order valence-electron chi connectivity index (χ3n) is 5.43. The van der Waals surface area contributed by atoms with Crippen molar-refractivity contribution in [3.05, 3.63) is 66.3 Å². The molecular formula is C24H26FN5OS. The van der Waals surface area contributed by atoms with Gasteiger partial charge < -0.3 is 5.32 Å². The third kappa shape index (κ3) is 5.24. The summed E-state index contributed by atoms with van der Waals surface area (Å²) in [6.07, 6.45) is 11.3. The fraction of sp³-hybridized carbons (Fsp3) is 0.333. The van der Waals surface area contributed by atoms with Crippen molar-refractivity contribution < 1.29 is 9.18 Å². The fourth-order valence-electron chi connectivity index (χ4n) is 3.71. The van der Waals surface area contributed by atoms with Gasteiger partial charge in [0.1, 0.15) is 5.82 Å². The molecule has 1 atom stereocenters. The number of carbonyl (C=O) groups is 1. The van der Waals surface area contributed by atoms with E-state index >= 15 is 0 Å². The first kappa shape index (κ1) is 22.2. The van der Waals surface area contributed by atoms with Gasteiger partial charge in [-0.3, -0.25) is 14.3 Å². The molecule has 1 aliphatic rings. The molecule has 32 heavy (non-hydrogen) atoms. The highest BCUT2D eigenvalue weighted by molar-refractivity contribution is 8.00. The van der Waals surface area contributed by atoms with Crippen LogP contribution in [0.5, 0.6) is 0 Å². The molecule has 2 heterocycles. The first-order valence-corrected chi connectivity index (χ1v) is 11.7. The highest BCUT2D eigenvalue weighted by Crippen LogP contribution is 2.31. The predicted molar refractivity (Wildman–Crippen MR) is 124 cm³/mol. The Bertz CT molecular complexity index is 1100. The number of nitrogens with zero attached hydrogens (tertiary/aromatic N) is 4. The molecule has 0 fully saturated rings. The minimum Gasteiger partial charge on any atom is -0.355 e. The maximum Gasteiger partial charge on any atom is 0.233 e. The van der Waals surface area contributed by atoms with Crippen LogP contribution >= 0.6 is 11.8 Å². The zero-order chi connectivity index (χ0) is 22.3. The number of nitrogens with one attached hydrogen (secondary N) is 1. The molecule has 0 spiro atoms. The molecule has 1 aliphatic carbocycles. The molecule has 6 nitrogen and oxygen atoms in total. The Balaban J connectivity index is 1.51. The van der Waals surface area contributed by atoms with E-state index < -0.39 is 11.1 Å². The lowest BCUT2D eigenvalue weighted by Gasteiger charge is -2.16. The smallest absolute Gasteiger partial charge is 0.233 e. The van der Waals surface area contributed by atoms with Gasteiger partial charge >= 0.3 is 0 Å². The van der Waals surface area contributed by atoms with Gasteiger partial charge in [-0.2, -0.15) is 0 Å². The standard InChI is InChI=1S/C24H26FN5OS/c1-17(23(31)27-15-13-18-8-3-2-4-9-18)32-24-29-28-22(19-10-7-14-26-16-19)30(24)21-12-6-5-11-20(21)25/h5-8,10-12,14,16-17H,2-4,9,13,15H2,1H3,(H,27,31)/t17-/m0/s1. The summed E-state index contributed by atoms with van der Waals surface area (Å²) in [5.41, 5.74) is 2.47. The minimum atomic E-state index is -0.410. The van der Waals surface area contributed by atoms with Crippen molar-refractivity contribution in [2.45, 2.75) is 49.4 Å². The Labute approximate surface area is 191 Å². The van der Waals surface area contributed by atoms with Crippen molar-refractivity contribution in [3.8, 4) is 17.1 Å². The van der Waals surface area contributed by atoms with Crippen LogP contribution in [0.4, 0.5) is 4.39 Å². The summed E-state index contributed by atoms with van der Waals surface area (Å²) in [5.74, 6) is 0.0112. The van der Waals surface area contributed by atoms with Gasteiger partial charge in [0.15, 0.2) is 11.0 Å². The number of aromatic nitrogens is 4. The normalized spacial score (nSPS) is 14.6. The molecule has 0 saturated heterocycles. The molecular weight excluding hydrogens is 425 g/mol. The lowest BCUT2D eigenvalue weighted by atomic mass is 9.97. The molecule has 0 saturated carbocycles. The van der Waals surface area contributed by atoms with Crippen LogP contribution in [0.15, 0.2) is 65.6 Å². The van der Waals surface area contributed by atoms with E-state index in [4.69, 9.17) is 0 Å². The topological polar surface area (TPSA) is 72.7 Å². The number of carbonyl (C=O) groups excluding carboxylic acids is 1. The first-order valence-electron chi connectivity index (χ1n) is 10.9. The largest absolute Gasteiger partial charge is 0.355 e. The molecule has 0 bridgehead atoms. The van der Waals surface area contributed by atoms with Gasteiger partial charge in [-0.1, -0.05) is 35.5 Å². The van der Waals surface area contributed by atoms with Crippen LogP contribution in [0.2, 0.25) is 0 Å². The molecule has 0 aliphatic heterocycles. The number of halogens is 1. The molecule has 2 aromatic heterocycles. The molecule has 8 heteroatoms. The first-order chi connectivity index (χ1) is 15.6. The SMILES string of the molecule is C[C@H](Sc1nnc(-c2cccnc2)n1-c1ccccc1F)C(=O)NCCC1=CCCCC1. The van der Waals surface area contributed by atoms with Crippen molar-refractivity contribution in [2.24, 2.45) is 0 Å². The minimum absolute atomic E-state index is 0.0718. The number of hydrogen-bond acceptors (Lipinski definition) is 5. The molecule has 0 radical (unpaired) electrons. The van der Waals surface area contributed by atoms with Gasteiger partial charge in [0.2, 0.25) is 5.91 Å². The quantitative estimate of drug-likeness (QED) is 0.387. The number of benzene rings is 1. The molecule has 3 aromatic rings. The second-order valence-corrected chi connectivity index (χ2v) is 9.05. The zero-order valence-corrected chi connectivity index (χ0v) is 18.8. The second kappa shape index (κ2) is 10.5. The average molecular weight is 452 g/mol. The lowest BCUT2D eigenvalue weighted by Crippen LogP contribution is -2.32. The van der Waals surface area contributed by atoms with Gasteiger partial charge in [-0.25, -0.2) is 4.39 Å². The molecule has 166 valence electrons. The Morgan fingerprint density at radius 3 is 2.84 bits per heavy atom. The molecule has 1 amide bonds. The zero-order valence-electron chi connectivity index (χ0n) is 18.0. The van der Waals surface area contributed by atoms with E-state index in [9.17, 15) is 9.18 Å². The van der Waals surface area contributed by atoms with E-state index in [1.54, 1.807) is 41.2 Å². The van der Waals surface area contributed by atoms with E-state index in [0.29, 0.717) is 28.8 Å². The van der Waals surface area contributed by atoms with E-state index in [0.717, 1.165) is 19.3 Å². The summed E-state index contributed by atoms with van der Waals surface area (Å²) in [6.45, 7) is 2.44. The molecule has 4 rings (SSSR count). The second-order valence-electron chi connectivity index (χ2n) is 7.74. The molecule has 0 unspecified atom stereocenters. The van der Waals surface area contributed by atoms with Crippen molar-refractivity contribution in [2.75, 3.05) is 6.54 Å². The van der Waals surface area contributed by atoms with Gasteiger partial charge in [-0.05, 0) is 63.3 Å². The Morgan fingerprint density at radius 2 is 2.09 bits per heavy atom. The summed E-state index contributed by atoms with van der Waals surface area (Å²) in [5, 5.41) is 11.6. The summed E-state index contributed by atoms with van der Waals surface area (Å²) in [7, 11) is 0. The summed E-state index contributed by atoms with van der Waals surface area (Å²) in [4.78, 5) is 16.8. The van der Waals surface area contributed by atoms with E-state index in [2.05, 4.69) is 26.6 Å². The van der Waals surface area contributed by atoms with Crippen LogP contribution in [0, 0.1) is 5.82 Å². The van der Waals surface area contributed by atoms with E-state index in [1.807, 2.05) is 13.0 Å². The Kier molecular flexibility index (Phi) is 7.32. The average Bonchev–Trinajstić information content (AvgIpc) is 3.23. The number of hydrogen-bond donors (Lipinski definition) is 1. The maximum atomic E-state index is 14.7. The van der Waals surface area contributed by atoms with Crippen molar-refractivity contribution in [3.63, 3.8) is 0 Å². The van der Waals surface area contributed by atoms with Crippen LogP contribution < -0.4 is 5.32 Å². The molecule has 1 aromatic carbocycles. The van der Waals surface area contributed by atoms with Crippen LogP contribution in [0.3, 0.4) is 0 Å². The summed E-state index contributed by atoms with van der Waals surface area (Å²) < 4.78 is 16.3. The van der Waals surface area contributed by atoms with E-state index in [1.165, 1.54) is 36.2 Å². The highest BCUT2D eigenvalue weighted by atomic mass is 32.2. The number of allylic oxidation sites excluding steroid dienone is 1. The van der Waals surface area contributed by atoms with Crippen molar-refractivity contribution >= 4 is 17.7 Å². The number of amides is 1. The predicted octanol–water partition coefficient (Wildman–Crippen LogP) is 4.96. The molecule has 1 N–H and O–H groups in total. The van der Waals surface area contributed by atoms with Crippen LogP contribution in [0.1, 0.15) is 39.0 Å². The van der Waals surface area contributed by atoms with Crippen molar-refractivity contribution in [1.29, 1.82) is 0 Å². The maximum absolute atomic E-state index is 14.7.